The maximum absolute atomic E-state index is 13.0. The van der Waals surface area contributed by atoms with Crippen molar-refractivity contribution >= 4 is 11.9 Å². The van der Waals surface area contributed by atoms with E-state index in [-0.39, 0.29) is 23.7 Å². The molecule has 0 aromatic carbocycles. The molecule has 0 radical (unpaired) electrons. The SMILES string of the molecule is Cc1noc([C@@H]2CNC(=O)[C@@H]3CCN(c4ncc(F)cn4)CC[C@@H]32)n1. The molecular weight excluding hydrogens is 327 g/mol. The molecule has 2 aliphatic rings. The fraction of sp³-hybridized carbons (Fsp3) is 0.562. The van der Waals surface area contributed by atoms with Crippen LogP contribution in [0.15, 0.2) is 16.9 Å². The van der Waals surface area contributed by atoms with Gasteiger partial charge in [-0.25, -0.2) is 14.4 Å². The van der Waals surface area contributed by atoms with Gasteiger partial charge in [0.05, 0.1) is 18.3 Å². The molecule has 0 spiro atoms. The van der Waals surface area contributed by atoms with Crippen LogP contribution in [-0.2, 0) is 4.79 Å². The van der Waals surface area contributed by atoms with Gasteiger partial charge in [0.15, 0.2) is 11.6 Å². The Bertz CT molecular complexity index is 764. The first kappa shape index (κ1) is 15.9. The number of fused-ring (bicyclic) bond motifs is 1. The summed E-state index contributed by atoms with van der Waals surface area (Å²) >= 11 is 0. The number of halogens is 1. The number of carbonyl (C=O) groups excluding carboxylic acids is 1. The molecule has 4 heterocycles. The minimum atomic E-state index is -0.460. The van der Waals surface area contributed by atoms with Crippen molar-refractivity contribution in [3.8, 4) is 0 Å². The molecule has 25 heavy (non-hydrogen) atoms. The minimum Gasteiger partial charge on any atom is -0.355 e. The topological polar surface area (TPSA) is 97.0 Å². The zero-order valence-corrected chi connectivity index (χ0v) is 13.9. The van der Waals surface area contributed by atoms with E-state index >= 15 is 0 Å². The molecule has 1 N–H and O–H groups in total. The highest BCUT2D eigenvalue weighted by Crippen LogP contribution is 2.38. The number of carbonyl (C=O) groups is 1. The number of rotatable bonds is 2. The lowest BCUT2D eigenvalue weighted by atomic mass is 9.75. The molecule has 2 aliphatic heterocycles. The van der Waals surface area contributed by atoms with Crippen LogP contribution >= 0.6 is 0 Å². The molecule has 2 aromatic heterocycles. The van der Waals surface area contributed by atoms with Gasteiger partial charge in [-0.15, -0.1) is 0 Å². The summed E-state index contributed by atoms with van der Waals surface area (Å²) in [7, 11) is 0. The number of amides is 1. The number of hydrogen-bond donors (Lipinski definition) is 1. The maximum Gasteiger partial charge on any atom is 0.231 e. The van der Waals surface area contributed by atoms with Crippen molar-refractivity contribution in [3.05, 3.63) is 29.9 Å². The molecule has 0 saturated carbocycles. The first-order valence-electron chi connectivity index (χ1n) is 8.42. The largest absolute Gasteiger partial charge is 0.355 e. The van der Waals surface area contributed by atoms with E-state index in [0.717, 1.165) is 18.8 Å². The van der Waals surface area contributed by atoms with Crippen molar-refractivity contribution in [1.82, 2.24) is 25.4 Å². The molecule has 2 saturated heterocycles. The first-order chi connectivity index (χ1) is 12.1. The number of nitrogens with one attached hydrogen (secondary N) is 1. The molecule has 0 bridgehead atoms. The normalized spacial score (nSPS) is 26.7. The van der Waals surface area contributed by atoms with E-state index in [9.17, 15) is 9.18 Å². The van der Waals surface area contributed by atoms with Gasteiger partial charge in [0, 0.05) is 25.6 Å². The highest BCUT2D eigenvalue weighted by atomic mass is 19.1. The van der Waals surface area contributed by atoms with Crippen LogP contribution in [0.2, 0.25) is 0 Å². The van der Waals surface area contributed by atoms with Gasteiger partial charge in [-0.05, 0) is 25.7 Å². The van der Waals surface area contributed by atoms with E-state index < -0.39 is 5.82 Å². The molecule has 2 fully saturated rings. The van der Waals surface area contributed by atoms with Gasteiger partial charge in [-0.2, -0.15) is 4.98 Å². The number of aryl methyl sites for hydroxylation is 1. The monoisotopic (exact) mass is 346 g/mol. The van der Waals surface area contributed by atoms with E-state index in [1.807, 2.05) is 4.90 Å². The number of nitrogens with zero attached hydrogens (tertiary/aromatic N) is 5. The fourth-order valence-corrected chi connectivity index (χ4v) is 3.83. The second-order valence-electron chi connectivity index (χ2n) is 6.57. The van der Waals surface area contributed by atoms with E-state index in [0.29, 0.717) is 43.7 Å². The average molecular weight is 346 g/mol. The third-order valence-electron chi connectivity index (χ3n) is 5.06. The predicted octanol–water partition coefficient (Wildman–Crippen LogP) is 1.05. The Morgan fingerprint density at radius 1 is 1.24 bits per heavy atom. The highest BCUT2D eigenvalue weighted by Gasteiger charge is 2.43. The molecule has 8 nitrogen and oxygen atoms in total. The van der Waals surface area contributed by atoms with Gasteiger partial charge in [-0.3, -0.25) is 4.79 Å². The van der Waals surface area contributed by atoms with Crippen LogP contribution in [0.25, 0.3) is 0 Å². The Labute approximate surface area is 143 Å². The third-order valence-corrected chi connectivity index (χ3v) is 5.06. The zero-order valence-electron chi connectivity index (χ0n) is 13.9. The van der Waals surface area contributed by atoms with Gasteiger partial charge < -0.3 is 14.7 Å². The van der Waals surface area contributed by atoms with E-state index in [1.165, 1.54) is 0 Å². The summed E-state index contributed by atoms with van der Waals surface area (Å²) < 4.78 is 18.4. The summed E-state index contributed by atoms with van der Waals surface area (Å²) in [6.45, 7) is 3.64. The Hall–Kier alpha value is -2.58. The Morgan fingerprint density at radius 2 is 2.00 bits per heavy atom. The summed E-state index contributed by atoms with van der Waals surface area (Å²) in [4.78, 5) is 26.9. The third kappa shape index (κ3) is 3.06. The van der Waals surface area contributed by atoms with Crippen molar-refractivity contribution in [2.75, 3.05) is 24.5 Å². The van der Waals surface area contributed by atoms with Crippen molar-refractivity contribution in [2.45, 2.75) is 25.7 Å². The standard InChI is InChI=1S/C16H19FN6O2/c1-9-21-15(25-22-9)13-8-18-14(24)12-3-5-23(4-2-11(12)13)16-19-6-10(17)7-20-16/h6-7,11-13H,2-5,8H2,1H3,(H,18,24)/t11-,12+,13+/m0/s1. The minimum absolute atomic E-state index is 0.0120. The van der Waals surface area contributed by atoms with Gasteiger partial charge in [0.1, 0.15) is 0 Å². The van der Waals surface area contributed by atoms with E-state index in [2.05, 4.69) is 25.4 Å². The molecule has 2 aromatic rings. The molecule has 9 heteroatoms. The molecule has 0 aliphatic carbocycles. The Morgan fingerprint density at radius 3 is 2.72 bits per heavy atom. The van der Waals surface area contributed by atoms with E-state index in [4.69, 9.17) is 4.52 Å². The van der Waals surface area contributed by atoms with Gasteiger partial charge >= 0.3 is 0 Å². The lowest BCUT2D eigenvalue weighted by molar-refractivity contribution is -0.129. The number of anilines is 1. The summed E-state index contributed by atoms with van der Waals surface area (Å²) in [6.07, 6.45) is 3.79. The molecule has 132 valence electrons. The van der Waals surface area contributed by atoms with Crippen LogP contribution < -0.4 is 10.2 Å². The van der Waals surface area contributed by atoms with Crippen LogP contribution in [0, 0.1) is 24.6 Å². The Kier molecular flexibility index (Phi) is 4.06. The van der Waals surface area contributed by atoms with Crippen LogP contribution in [0.5, 0.6) is 0 Å². The first-order valence-corrected chi connectivity index (χ1v) is 8.42. The lowest BCUT2D eigenvalue weighted by Gasteiger charge is -2.34. The average Bonchev–Trinajstić information content (AvgIpc) is 2.90. The van der Waals surface area contributed by atoms with Crippen molar-refractivity contribution in [1.29, 1.82) is 0 Å². The Balaban J connectivity index is 1.56. The zero-order chi connectivity index (χ0) is 17.4. The van der Waals surface area contributed by atoms with Crippen molar-refractivity contribution < 1.29 is 13.7 Å². The van der Waals surface area contributed by atoms with Crippen LogP contribution in [0.4, 0.5) is 10.3 Å². The number of aromatic nitrogens is 4. The van der Waals surface area contributed by atoms with Gasteiger partial charge in [0.25, 0.3) is 0 Å². The fourth-order valence-electron chi connectivity index (χ4n) is 3.83. The van der Waals surface area contributed by atoms with Crippen molar-refractivity contribution in [2.24, 2.45) is 11.8 Å². The molecule has 4 rings (SSSR count). The van der Waals surface area contributed by atoms with Crippen molar-refractivity contribution in [3.63, 3.8) is 0 Å². The lowest BCUT2D eigenvalue weighted by Crippen LogP contribution is -2.46. The predicted molar refractivity (Wildman–Crippen MR) is 85.2 cm³/mol. The second kappa shape index (κ2) is 6.38. The van der Waals surface area contributed by atoms with Crippen LogP contribution in [0.3, 0.4) is 0 Å². The summed E-state index contributed by atoms with van der Waals surface area (Å²) in [6, 6.07) is 0. The second-order valence-corrected chi connectivity index (χ2v) is 6.57. The summed E-state index contributed by atoms with van der Waals surface area (Å²) in [5.41, 5.74) is 0. The maximum atomic E-state index is 13.0. The smallest absolute Gasteiger partial charge is 0.231 e. The number of hydrogen-bond acceptors (Lipinski definition) is 7. The van der Waals surface area contributed by atoms with Crippen LogP contribution in [-0.4, -0.2) is 45.7 Å². The van der Waals surface area contributed by atoms with Gasteiger partial charge in [0.2, 0.25) is 17.7 Å². The summed E-state index contributed by atoms with van der Waals surface area (Å²) in [5.74, 6) is 1.30. The molecular formula is C16H19FN6O2. The van der Waals surface area contributed by atoms with Crippen LogP contribution in [0.1, 0.15) is 30.5 Å². The highest BCUT2D eigenvalue weighted by molar-refractivity contribution is 5.80. The van der Waals surface area contributed by atoms with E-state index in [1.54, 1.807) is 6.92 Å². The quantitative estimate of drug-likeness (QED) is 0.868. The summed E-state index contributed by atoms with van der Waals surface area (Å²) in [5, 5.41) is 6.84. The molecule has 0 unspecified atom stereocenters. The molecule has 1 amide bonds. The number of piperidine rings is 1. The van der Waals surface area contributed by atoms with Gasteiger partial charge in [-0.1, -0.05) is 5.16 Å². The molecule has 3 atom stereocenters.